The predicted molar refractivity (Wildman–Crippen MR) is 103 cm³/mol. The first kappa shape index (κ1) is 19.4. The third-order valence-corrected chi connectivity index (χ3v) is 7.09. The number of halogens is 1. The fraction of sp³-hybridized carbons (Fsp3) is 0.533. The molecule has 0 radical (unpaired) electrons. The summed E-state index contributed by atoms with van der Waals surface area (Å²) < 4.78 is 50.4. The van der Waals surface area contributed by atoms with Crippen molar-refractivity contribution in [1.82, 2.24) is 13.5 Å². The monoisotopic (exact) mass is 420 g/mol. The lowest BCUT2D eigenvalue weighted by molar-refractivity contribution is 0.206. The van der Waals surface area contributed by atoms with Gasteiger partial charge < -0.3 is 4.90 Å². The number of sulfonamides is 1. The molecule has 8 nitrogen and oxygen atoms in total. The Labute approximate surface area is 158 Å². The lowest BCUT2D eigenvalue weighted by Gasteiger charge is -2.46. The van der Waals surface area contributed by atoms with Gasteiger partial charge in [0.1, 0.15) is 0 Å². The van der Waals surface area contributed by atoms with E-state index in [-0.39, 0.29) is 0 Å². The molecule has 1 aromatic heterocycles. The highest BCUT2D eigenvalue weighted by Gasteiger charge is 2.39. The van der Waals surface area contributed by atoms with Crippen LogP contribution in [0.15, 0.2) is 18.3 Å². The fourth-order valence-electron chi connectivity index (χ4n) is 3.54. The third-order valence-electron chi connectivity index (χ3n) is 4.48. The molecule has 0 N–H and O–H groups in total. The SMILES string of the molecule is CC1(C)CN(c2cc(Cl)cc3c2cnn3S(C)(=O)=O)CCN1S(C)(=O)=O. The molecule has 0 bridgehead atoms. The van der Waals surface area contributed by atoms with Gasteiger partial charge in [0, 0.05) is 41.3 Å². The molecule has 11 heteroatoms. The summed E-state index contributed by atoms with van der Waals surface area (Å²) in [5.74, 6) is 0. The first-order chi connectivity index (χ1) is 11.8. The molecule has 1 aliphatic heterocycles. The van der Waals surface area contributed by atoms with E-state index in [0.29, 0.717) is 35.6 Å². The number of anilines is 1. The van der Waals surface area contributed by atoms with Gasteiger partial charge in [0.05, 0.1) is 24.2 Å². The Morgan fingerprint density at radius 2 is 1.73 bits per heavy atom. The summed E-state index contributed by atoms with van der Waals surface area (Å²) in [6.07, 6.45) is 3.78. The molecule has 0 unspecified atom stereocenters. The Hall–Kier alpha value is -1.36. The Morgan fingerprint density at radius 3 is 2.27 bits per heavy atom. The van der Waals surface area contributed by atoms with Gasteiger partial charge in [-0.05, 0) is 26.0 Å². The van der Waals surface area contributed by atoms with Gasteiger partial charge in [0.15, 0.2) is 0 Å². The maximum Gasteiger partial charge on any atom is 0.251 e. The van der Waals surface area contributed by atoms with Crippen LogP contribution in [0.5, 0.6) is 0 Å². The number of hydrogen-bond donors (Lipinski definition) is 0. The summed E-state index contributed by atoms with van der Waals surface area (Å²) in [6.45, 7) is 4.97. The van der Waals surface area contributed by atoms with Crippen LogP contribution in [-0.2, 0) is 20.0 Å². The van der Waals surface area contributed by atoms with Crippen molar-refractivity contribution >= 4 is 48.2 Å². The fourth-order valence-corrected chi connectivity index (χ4v) is 5.84. The second kappa shape index (κ2) is 6.08. The van der Waals surface area contributed by atoms with Crippen molar-refractivity contribution in [3.05, 3.63) is 23.4 Å². The third kappa shape index (κ3) is 3.42. The number of nitrogens with zero attached hydrogens (tertiary/aromatic N) is 4. The number of rotatable bonds is 3. The first-order valence-electron chi connectivity index (χ1n) is 7.91. The zero-order valence-corrected chi connectivity index (χ0v) is 17.4. The average Bonchev–Trinajstić information content (AvgIpc) is 2.87. The van der Waals surface area contributed by atoms with Crippen molar-refractivity contribution in [3.63, 3.8) is 0 Å². The molecule has 0 spiro atoms. The van der Waals surface area contributed by atoms with E-state index in [9.17, 15) is 16.8 Å². The highest BCUT2D eigenvalue weighted by atomic mass is 35.5. The van der Waals surface area contributed by atoms with Crippen LogP contribution in [0, 0.1) is 0 Å². The highest BCUT2D eigenvalue weighted by molar-refractivity contribution is 7.89. The lowest BCUT2D eigenvalue weighted by atomic mass is 10.0. The van der Waals surface area contributed by atoms with Crippen molar-refractivity contribution < 1.29 is 16.8 Å². The normalized spacial score (nSPS) is 19.2. The van der Waals surface area contributed by atoms with Gasteiger partial charge in [-0.1, -0.05) is 11.6 Å². The van der Waals surface area contributed by atoms with E-state index < -0.39 is 25.6 Å². The van der Waals surface area contributed by atoms with E-state index in [1.807, 2.05) is 18.7 Å². The van der Waals surface area contributed by atoms with Crippen LogP contribution in [0.1, 0.15) is 13.8 Å². The van der Waals surface area contributed by atoms with E-state index in [1.165, 1.54) is 16.8 Å². The van der Waals surface area contributed by atoms with Crippen molar-refractivity contribution in [1.29, 1.82) is 0 Å². The van der Waals surface area contributed by atoms with Gasteiger partial charge in [0.25, 0.3) is 10.0 Å². The van der Waals surface area contributed by atoms with Gasteiger partial charge in [-0.15, -0.1) is 0 Å². The van der Waals surface area contributed by atoms with Crippen LogP contribution in [0.2, 0.25) is 5.02 Å². The molecule has 1 saturated heterocycles. The van der Waals surface area contributed by atoms with Crippen molar-refractivity contribution in [3.8, 4) is 0 Å². The number of hydrogen-bond acceptors (Lipinski definition) is 6. The summed E-state index contributed by atoms with van der Waals surface area (Å²) in [5.41, 5.74) is 0.523. The maximum atomic E-state index is 12.0. The Bertz CT molecular complexity index is 1080. The van der Waals surface area contributed by atoms with Crippen molar-refractivity contribution in [2.75, 3.05) is 37.0 Å². The number of piperazine rings is 1. The maximum absolute atomic E-state index is 12.0. The van der Waals surface area contributed by atoms with Crippen LogP contribution < -0.4 is 4.90 Å². The largest absolute Gasteiger partial charge is 0.368 e. The minimum Gasteiger partial charge on any atom is -0.368 e. The molecule has 0 atom stereocenters. The molecule has 2 aromatic rings. The van der Waals surface area contributed by atoms with Gasteiger partial charge in [-0.25, -0.2) is 16.8 Å². The molecule has 144 valence electrons. The van der Waals surface area contributed by atoms with Crippen LogP contribution in [-0.4, -0.2) is 68.0 Å². The lowest BCUT2D eigenvalue weighted by Crippen LogP contribution is -2.60. The van der Waals surface area contributed by atoms with E-state index >= 15 is 0 Å². The molecular formula is C15H21ClN4O4S2. The van der Waals surface area contributed by atoms with Gasteiger partial charge in [-0.3, -0.25) is 0 Å². The average molecular weight is 421 g/mol. The standard InChI is InChI=1S/C15H21ClN4O4S2/c1-15(2)10-18(5-6-19(15)25(3,21)22)13-7-11(16)8-14-12(13)9-17-20(14)26(4,23)24/h7-9H,5-6,10H2,1-4H3. The van der Waals surface area contributed by atoms with Crippen LogP contribution >= 0.6 is 11.6 Å². The second-order valence-corrected chi connectivity index (χ2v) is 11.3. The minimum atomic E-state index is -3.56. The molecule has 3 rings (SSSR count). The van der Waals surface area contributed by atoms with Gasteiger partial charge >= 0.3 is 0 Å². The van der Waals surface area contributed by atoms with E-state index in [0.717, 1.165) is 16.0 Å². The molecule has 1 aromatic carbocycles. The Balaban J connectivity index is 2.09. The van der Waals surface area contributed by atoms with Gasteiger partial charge in [-0.2, -0.15) is 13.5 Å². The zero-order valence-electron chi connectivity index (χ0n) is 15.0. The number of aromatic nitrogens is 2. The molecule has 0 amide bonds. The smallest absolute Gasteiger partial charge is 0.251 e. The summed E-state index contributed by atoms with van der Waals surface area (Å²) >= 11 is 6.23. The first-order valence-corrected chi connectivity index (χ1v) is 12.0. The zero-order chi connectivity index (χ0) is 19.5. The molecule has 0 aliphatic carbocycles. The number of fused-ring (bicyclic) bond motifs is 1. The van der Waals surface area contributed by atoms with Crippen molar-refractivity contribution in [2.45, 2.75) is 19.4 Å². The molecule has 2 heterocycles. The van der Waals surface area contributed by atoms with Crippen LogP contribution in [0.3, 0.4) is 0 Å². The Kier molecular flexibility index (Phi) is 4.54. The van der Waals surface area contributed by atoms with E-state index in [4.69, 9.17) is 11.6 Å². The second-order valence-electron chi connectivity index (χ2n) is 7.18. The van der Waals surface area contributed by atoms with E-state index in [1.54, 1.807) is 12.1 Å². The summed E-state index contributed by atoms with van der Waals surface area (Å²) in [6, 6.07) is 3.32. The number of benzene rings is 1. The quantitative estimate of drug-likeness (QED) is 0.744. The molecule has 1 fully saturated rings. The topological polar surface area (TPSA) is 92.6 Å². The predicted octanol–water partition coefficient (Wildman–Crippen LogP) is 1.36. The molecular weight excluding hydrogens is 400 g/mol. The van der Waals surface area contributed by atoms with Gasteiger partial charge in [0.2, 0.25) is 10.0 Å². The van der Waals surface area contributed by atoms with Crippen molar-refractivity contribution in [2.24, 2.45) is 0 Å². The highest BCUT2D eigenvalue weighted by Crippen LogP contribution is 2.35. The van der Waals surface area contributed by atoms with Crippen LogP contribution in [0.4, 0.5) is 5.69 Å². The van der Waals surface area contributed by atoms with Crippen LogP contribution in [0.25, 0.3) is 10.9 Å². The Morgan fingerprint density at radius 1 is 1.08 bits per heavy atom. The summed E-state index contributed by atoms with van der Waals surface area (Å²) in [4.78, 5) is 2.02. The summed E-state index contributed by atoms with van der Waals surface area (Å²) in [5, 5.41) is 5.04. The molecule has 26 heavy (non-hydrogen) atoms. The molecule has 1 aliphatic rings. The minimum absolute atomic E-state index is 0.333. The summed E-state index contributed by atoms with van der Waals surface area (Å²) in [7, 11) is -6.88. The molecule has 0 saturated carbocycles. The van der Waals surface area contributed by atoms with E-state index in [2.05, 4.69) is 5.10 Å².